The van der Waals surface area contributed by atoms with Gasteiger partial charge in [-0.15, -0.1) is 0 Å². The van der Waals surface area contributed by atoms with E-state index in [1.807, 2.05) is 12.1 Å². The number of nitrogens with zero attached hydrogens (tertiary/aromatic N) is 2. The summed E-state index contributed by atoms with van der Waals surface area (Å²) in [5.74, 6) is -0.112. The Morgan fingerprint density at radius 1 is 1.38 bits per heavy atom. The van der Waals surface area contributed by atoms with Gasteiger partial charge in [-0.1, -0.05) is 25.0 Å². The van der Waals surface area contributed by atoms with Gasteiger partial charge >= 0.3 is 0 Å². The van der Waals surface area contributed by atoms with Crippen molar-refractivity contribution < 1.29 is 4.79 Å². The largest absolute Gasteiger partial charge is 0.301 e. The van der Waals surface area contributed by atoms with Gasteiger partial charge in [0.05, 0.1) is 22.6 Å². The van der Waals surface area contributed by atoms with Gasteiger partial charge in [-0.3, -0.25) is 9.79 Å². The van der Waals surface area contributed by atoms with Crippen molar-refractivity contribution in [3.8, 4) is 6.07 Å². The number of benzene rings is 1. The second kappa shape index (κ2) is 6.15. The predicted molar refractivity (Wildman–Crippen MR) is 84.6 cm³/mol. The number of carbonyl (C=O) groups excluding carboxylic acids is 1. The average molecular weight is 297 g/mol. The lowest BCUT2D eigenvalue weighted by molar-refractivity contribution is -0.115. The molecule has 2 aliphatic rings. The lowest BCUT2D eigenvalue weighted by atomic mass is 10.1. The van der Waals surface area contributed by atoms with Crippen LogP contribution >= 0.6 is 11.8 Å². The van der Waals surface area contributed by atoms with Gasteiger partial charge in [-0.2, -0.15) is 5.26 Å². The Balaban J connectivity index is 1.78. The van der Waals surface area contributed by atoms with Crippen LogP contribution in [0.4, 0.5) is 0 Å². The van der Waals surface area contributed by atoms with Gasteiger partial charge in [0.2, 0.25) is 0 Å². The van der Waals surface area contributed by atoms with Crippen LogP contribution in [0.3, 0.4) is 0 Å². The number of amides is 1. The monoisotopic (exact) mass is 297 g/mol. The van der Waals surface area contributed by atoms with Crippen molar-refractivity contribution in [1.29, 1.82) is 5.26 Å². The van der Waals surface area contributed by atoms with Crippen molar-refractivity contribution in [3.63, 3.8) is 0 Å². The summed E-state index contributed by atoms with van der Waals surface area (Å²) in [5, 5.41) is 12.4. The fourth-order valence-corrected chi connectivity index (χ4v) is 3.43. The van der Waals surface area contributed by atoms with Crippen molar-refractivity contribution in [2.45, 2.75) is 31.7 Å². The molecule has 21 heavy (non-hydrogen) atoms. The highest BCUT2D eigenvalue weighted by molar-refractivity contribution is 8.18. The minimum atomic E-state index is -0.112. The van der Waals surface area contributed by atoms with Gasteiger partial charge in [0.25, 0.3) is 5.91 Å². The number of rotatable bonds is 2. The minimum Gasteiger partial charge on any atom is -0.301 e. The molecule has 1 saturated heterocycles. The highest BCUT2D eigenvalue weighted by atomic mass is 32.2. The number of hydrogen-bond donors (Lipinski definition) is 1. The molecule has 0 unspecified atom stereocenters. The molecule has 3 rings (SSSR count). The molecule has 1 aliphatic carbocycles. The fourth-order valence-electron chi connectivity index (χ4n) is 2.54. The predicted octanol–water partition coefficient (Wildman–Crippen LogP) is 3.06. The lowest BCUT2D eigenvalue weighted by Crippen LogP contribution is -2.21. The Kier molecular flexibility index (Phi) is 4.07. The second-order valence-electron chi connectivity index (χ2n) is 5.17. The normalized spacial score (nSPS) is 22.7. The lowest BCUT2D eigenvalue weighted by Gasteiger charge is -2.02. The highest BCUT2D eigenvalue weighted by Gasteiger charge is 2.25. The number of amidine groups is 1. The summed E-state index contributed by atoms with van der Waals surface area (Å²) in [5.41, 5.74) is 1.45. The first-order valence-electron chi connectivity index (χ1n) is 7.03. The molecule has 1 saturated carbocycles. The van der Waals surface area contributed by atoms with Gasteiger partial charge in [-0.05, 0) is 48.4 Å². The van der Waals surface area contributed by atoms with Crippen LogP contribution in [0.2, 0.25) is 0 Å². The summed E-state index contributed by atoms with van der Waals surface area (Å²) in [6.07, 6.45) is 6.48. The van der Waals surface area contributed by atoms with Crippen molar-refractivity contribution in [2.24, 2.45) is 4.99 Å². The van der Waals surface area contributed by atoms with Gasteiger partial charge in [0.1, 0.15) is 0 Å². The quantitative estimate of drug-likeness (QED) is 0.853. The molecule has 1 heterocycles. The van der Waals surface area contributed by atoms with Crippen LogP contribution < -0.4 is 5.32 Å². The van der Waals surface area contributed by atoms with Gasteiger partial charge in [-0.25, -0.2) is 0 Å². The first-order chi connectivity index (χ1) is 10.2. The molecule has 1 amide bonds. The van der Waals surface area contributed by atoms with Crippen LogP contribution in [0, 0.1) is 11.3 Å². The number of nitrogens with one attached hydrogen (secondary N) is 1. The highest BCUT2D eigenvalue weighted by Crippen LogP contribution is 2.29. The minimum absolute atomic E-state index is 0.112. The van der Waals surface area contributed by atoms with Gasteiger partial charge in [0, 0.05) is 0 Å². The van der Waals surface area contributed by atoms with E-state index in [9.17, 15) is 4.79 Å². The molecular weight excluding hydrogens is 282 g/mol. The van der Waals surface area contributed by atoms with Gasteiger partial charge < -0.3 is 5.32 Å². The van der Waals surface area contributed by atoms with Crippen molar-refractivity contribution in [1.82, 2.24) is 5.32 Å². The van der Waals surface area contributed by atoms with Crippen LogP contribution in [0.5, 0.6) is 0 Å². The third-order valence-corrected chi connectivity index (χ3v) is 4.51. The molecule has 0 atom stereocenters. The summed E-state index contributed by atoms with van der Waals surface area (Å²) in [6.45, 7) is 0. The first-order valence-corrected chi connectivity index (χ1v) is 7.85. The van der Waals surface area contributed by atoms with Crippen molar-refractivity contribution in [3.05, 3.63) is 40.3 Å². The van der Waals surface area contributed by atoms with E-state index in [1.54, 1.807) is 18.2 Å². The van der Waals surface area contributed by atoms with E-state index in [-0.39, 0.29) is 5.91 Å². The summed E-state index contributed by atoms with van der Waals surface area (Å²) in [4.78, 5) is 17.2. The molecule has 0 radical (unpaired) electrons. The van der Waals surface area contributed by atoms with Crippen LogP contribution in [0.25, 0.3) is 6.08 Å². The third-order valence-electron chi connectivity index (χ3n) is 3.59. The van der Waals surface area contributed by atoms with E-state index in [2.05, 4.69) is 16.4 Å². The van der Waals surface area contributed by atoms with Crippen LogP contribution in [-0.2, 0) is 4.79 Å². The van der Waals surface area contributed by atoms with Crippen LogP contribution in [0.15, 0.2) is 34.2 Å². The fraction of sp³-hybridized carbons (Fsp3) is 0.312. The molecule has 4 nitrogen and oxygen atoms in total. The zero-order valence-electron chi connectivity index (χ0n) is 11.5. The Hall–Kier alpha value is -2.06. The van der Waals surface area contributed by atoms with E-state index in [0.29, 0.717) is 21.7 Å². The summed E-state index contributed by atoms with van der Waals surface area (Å²) in [7, 11) is 0. The molecule has 0 spiro atoms. The molecule has 1 aliphatic heterocycles. The second-order valence-corrected chi connectivity index (χ2v) is 6.21. The van der Waals surface area contributed by atoms with E-state index < -0.39 is 0 Å². The maximum atomic E-state index is 12.0. The van der Waals surface area contributed by atoms with E-state index in [4.69, 9.17) is 5.26 Å². The van der Waals surface area contributed by atoms with E-state index in [0.717, 1.165) is 18.4 Å². The van der Waals surface area contributed by atoms with Crippen LogP contribution in [-0.4, -0.2) is 17.1 Å². The van der Waals surface area contributed by atoms with Crippen LogP contribution in [0.1, 0.15) is 36.8 Å². The Labute approximate surface area is 128 Å². The third kappa shape index (κ3) is 3.34. The summed E-state index contributed by atoms with van der Waals surface area (Å²) in [6, 6.07) is 9.67. The number of aliphatic imine (C=N–C) groups is 1. The maximum absolute atomic E-state index is 12.0. The topological polar surface area (TPSA) is 65.2 Å². The summed E-state index contributed by atoms with van der Waals surface area (Å²) < 4.78 is 0. The molecule has 0 bridgehead atoms. The Morgan fingerprint density at radius 3 is 2.95 bits per heavy atom. The zero-order chi connectivity index (χ0) is 14.7. The molecule has 0 aromatic heterocycles. The zero-order valence-corrected chi connectivity index (χ0v) is 12.3. The number of thioether (sulfide) groups is 1. The SMILES string of the molecule is N#Cc1cccc(C=C2SC(=NC3CCCC3)NC2=O)c1. The van der Waals surface area contributed by atoms with E-state index in [1.165, 1.54) is 24.6 Å². The molecule has 106 valence electrons. The number of carbonyl (C=O) groups is 1. The Bertz CT molecular complexity index is 666. The molecular formula is C16H15N3OS. The molecule has 1 aromatic rings. The smallest absolute Gasteiger partial charge is 0.264 e. The van der Waals surface area contributed by atoms with Crippen molar-refractivity contribution >= 4 is 28.9 Å². The van der Waals surface area contributed by atoms with Crippen molar-refractivity contribution in [2.75, 3.05) is 0 Å². The standard InChI is InChI=1S/C16H15N3OS/c17-10-12-5-3-4-11(8-12)9-14-15(20)19-16(21-14)18-13-6-1-2-7-13/h3-5,8-9,13H,1-2,6-7H2,(H,18,19,20). The number of hydrogen-bond acceptors (Lipinski definition) is 4. The van der Waals surface area contributed by atoms with E-state index >= 15 is 0 Å². The average Bonchev–Trinajstić information content (AvgIpc) is 3.10. The first kappa shape index (κ1) is 13.9. The Morgan fingerprint density at radius 2 is 2.19 bits per heavy atom. The summed E-state index contributed by atoms with van der Waals surface area (Å²) >= 11 is 1.38. The molecule has 1 aromatic carbocycles. The number of nitriles is 1. The van der Waals surface area contributed by atoms with Gasteiger partial charge in [0.15, 0.2) is 5.17 Å². The molecule has 5 heteroatoms. The molecule has 1 N–H and O–H groups in total. The molecule has 2 fully saturated rings. The maximum Gasteiger partial charge on any atom is 0.264 e.